The Labute approximate surface area is 122 Å². The van der Waals surface area contributed by atoms with Crippen LogP contribution < -0.4 is 15.8 Å². The van der Waals surface area contributed by atoms with Gasteiger partial charge in [-0.25, -0.2) is 4.98 Å². The number of hydrogen-bond acceptors (Lipinski definition) is 5. The summed E-state index contributed by atoms with van der Waals surface area (Å²) in [5, 5.41) is 12.4. The van der Waals surface area contributed by atoms with E-state index in [1.807, 2.05) is 0 Å². The van der Waals surface area contributed by atoms with Gasteiger partial charge in [0.1, 0.15) is 17.3 Å². The summed E-state index contributed by atoms with van der Waals surface area (Å²) in [4.78, 5) is 18.8. The molecule has 0 aliphatic carbocycles. The molecule has 1 N–H and O–H groups in total. The van der Waals surface area contributed by atoms with Crippen molar-refractivity contribution < 1.29 is 0 Å². The van der Waals surface area contributed by atoms with Crippen molar-refractivity contribution in [3.8, 4) is 6.07 Å². The van der Waals surface area contributed by atoms with Crippen LogP contribution >= 0.6 is 0 Å². The first-order valence-electron chi connectivity index (χ1n) is 7.00. The summed E-state index contributed by atoms with van der Waals surface area (Å²) in [6.07, 6.45) is 0. The second-order valence-corrected chi connectivity index (χ2v) is 5.35. The van der Waals surface area contributed by atoms with E-state index < -0.39 is 0 Å². The van der Waals surface area contributed by atoms with Crippen molar-refractivity contribution in [3.63, 3.8) is 0 Å². The first kappa shape index (κ1) is 13.6. The van der Waals surface area contributed by atoms with Crippen molar-refractivity contribution in [1.29, 1.82) is 5.26 Å². The minimum atomic E-state index is -0.0604. The molecule has 0 aromatic carbocycles. The molecule has 1 atom stereocenters. The van der Waals surface area contributed by atoms with Crippen LogP contribution in [0.25, 0.3) is 11.0 Å². The van der Waals surface area contributed by atoms with E-state index in [4.69, 9.17) is 5.26 Å². The van der Waals surface area contributed by atoms with Crippen molar-refractivity contribution in [2.45, 2.75) is 13.0 Å². The van der Waals surface area contributed by atoms with Gasteiger partial charge in [0.05, 0.1) is 11.2 Å². The van der Waals surface area contributed by atoms with Gasteiger partial charge in [0, 0.05) is 38.8 Å². The maximum atomic E-state index is 12.2. The zero-order chi connectivity index (χ0) is 15.0. The second-order valence-electron chi connectivity index (χ2n) is 5.35. The van der Waals surface area contributed by atoms with Gasteiger partial charge in [-0.2, -0.15) is 5.26 Å². The summed E-state index contributed by atoms with van der Waals surface area (Å²) in [6.45, 7) is 4.68. The molecule has 0 spiro atoms. The number of fused-ring (bicyclic) bond motifs is 1. The average Bonchev–Trinajstić information content (AvgIpc) is 2.51. The van der Waals surface area contributed by atoms with Gasteiger partial charge in [0.2, 0.25) is 0 Å². The minimum absolute atomic E-state index is 0.0604. The number of rotatable bonds is 1. The molecule has 1 aliphatic heterocycles. The number of nitrogens with zero attached hydrogens (tertiary/aromatic N) is 4. The molecule has 108 valence electrons. The van der Waals surface area contributed by atoms with Crippen molar-refractivity contribution in [2.24, 2.45) is 7.05 Å². The van der Waals surface area contributed by atoms with Gasteiger partial charge in [0.15, 0.2) is 0 Å². The Morgan fingerprint density at radius 2 is 2.29 bits per heavy atom. The van der Waals surface area contributed by atoms with Crippen LogP contribution in [0.1, 0.15) is 12.6 Å². The Hall–Kier alpha value is -2.39. The molecule has 0 amide bonds. The molecule has 21 heavy (non-hydrogen) atoms. The molecule has 0 saturated carbocycles. The zero-order valence-corrected chi connectivity index (χ0v) is 12.1. The quantitative estimate of drug-likeness (QED) is 0.830. The normalized spacial score (nSPS) is 18.7. The average molecular weight is 283 g/mol. The van der Waals surface area contributed by atoms with Crippen LogP contribution in [0, 0.1) is 11.3 Å². The second kappa shape index (κ2) is 5.19. The van der Waals surface area contributed by atoms with Crippen LogP contribution in [-0.2, 0) is 7.05 Å². The lowest BCUT2D eigenvalue weighted by Gasteiger charge is -2.36. The van der Waals surface area contributed by atoms with Crippen LogP contribution in [0.2, 0.25) is 0 Å². The van der Waals surface area contributed by atoms with Crippen molar-refractivity contribution in [2.75, 3.05) is 24.5 Å². The van der Waals surface area contributed by atoms with E-state index >= 15 is 0 Å². The SMILES string of the molecule is CC1CNCCN1c1cc(=O)n(C)c2ccc(C#N)nc12. The van der Waals surface area contributed by atoms with E-state index in [0.29, 0.717) is 11.2 Å². The number of aryl methyl sites for hydroxylation is 1. The van der Waals surface area contributed by atoms with E-state index in [1.165, 1.54) is 0 Å². The molecule has 6 nitrogen and oxygen atoms in total. The fraction of sp³-hybridized carbons (Fsp3) is 0.400. The number of pyridine rings is 2. The molecule has 1 saturated heterocycles. The summed E-state index contributed by atoms with van der Waals surface area (Å²) in [5.41, 5.74) is 2.59. The lowest BCUT2D eigenvalue weighted by Crippen LogP contribution is -2.50. The molecule has 2 aromatic rings. The summed E-state index contributed by atoms with van der Waals surface area (Å²) in [7, 11) is 1.73. The molecule has 6 heteroatoms. The Morgan fingerprint density at radius 3 is 3.00 bits per heavy atom. The largest absolute Gasteiger partial charge is 0.364 e. The molecule has 3 rings (SSSR count). The van der Waals surface area contributed by atoms with Crippen molar-refractivity contribution >= 4 is 16.7 Å². The van der Waals surface area contributed by atoms with Crippen molar-refractivity contribution in [1.82, 2.24) is 14.9 Å². The number of aromatic nitrogens is 2. The van der Waals surface area contributed by atoms with Gasteiger partial charge in [-0.15, -0.1) is 0 Å². The molecule has 2 aromatic heterocycles. The molecule has 1 fully saturated rings. The predicted octanol–water partition coefficient (Wildman–Crippen LogP) is 0.603. The van der Waals surface area contributed by atoms with Gasteiger partial charge >= 0.3 is 0 Å². The maximum Gasteiger partial charge on any atom is 0.252 e. The number of nitrogens with one attached hydrogen (secondary N) is 1. The highest BCUT2D eigenvalue weighted by Gasteiger charge is 2.22. The van der Waals surface area contributed by atoms with Crippen molar-refractivity contribution in [3.05, 3.63) is 34.2 Å². The molecular formula is C15H17N5O. The van der Waals surface area contributed by atoms with Crippen LogP contribution in [-0.4, -0.2) is 35.2 Å². The van der Waals surface area contributed by atoms with E-state index in [-0.39, 0.29) is 11.6 Å². The fourth-order valence-electron chi connectivity index (χ4n) is 2.79. The third kappa shape index (κ3) is 2.26. The summed E-state index contributed by atoms with van der Waals surface area (Å²) in [5.74, 6) is 0. The summed E-state index contributed by atoms with van der Waals surface area (Å²) in [6, 6.07) is 7.40. The van der Waals surface area contributed by atoms with E-state index in [0.717, 1.165) is 30.8 Å². The highest BCUT2D eigenvalue weighted by atomic mass is 16.1. The third-order valence-corrected chi connectivity index (χ3v) is 3.99. The van der Waals surface area contributed by atoms with Gasteiger partial charge in [-0.3, -0.25) is 4.79 Å². The first-order valence-corrected chi connectivity index (χ1v) is 7.00. The Morgan fingerprint density at radius 1 is 1.48 bits per heavy atom. The molecule has 1 aliphatic rings. The summed E-state index contributed by atoms with van der Waals surface area (Å²) >= 11 is 0. The van der Waals surface area contributed by atoms with E-state index in [1.54, 1.807) is 29.8 Å². The fourth-order valence-corrected chi connectivity index (χ4v) is 2.79. The minimum Gasteiger partial charge on any atom is -0.364 e. The van der Waals surface area contributed by atoms with Crippen LogP contribution in [0.15, 0.2) is 23.0 Å². The van der Waals surface area contributed by atoms with Crippen LogP contribution in [0.5, 0.6) is 0 Å². The Bertz CT molecular complexity index is 789. The van der Waals surface area contributed by atoms with E-state index in [9.17, 15) is 4.79 Å². The van der Waals surface area contributed by atoms with Gasteiger partial charge in [0.25, 0.3) is 5.56 Å². The lowest BCUT2D eigenvalue weighted by atomic mass is 10.1. The number of nitriles is 1. The first-order chi connectivity index (χ1) is 10.1. The maximum absolute atomic E-state index is 12.2. The molecule has 1 unspecified atom stereocenters. The Balaban J connectivity index is 2.28. The van der Waals surface area contributed by atoms with Gasteiger partial charge < -0.3 is 14.8 Å². The molecule has 3 heterocycles. The van der Waals surface area contributed by atoms with E-state index in [2.05, 4.69) is 28.2 Å². The van der Waals surface area contributed by atoms with Gasteiger partial charge in [-0.1, -0.05) is 0 Å². The molecule has 0 bridgehead atoms. The molecular weight excluding hydrogens is 266 g/mol. The standard InChI is InChI=1S/C15H17N5O/c1-10-9-17-5-6-20(10)13-7-14(21)19(2)12-4-3-11(8-16)18-15(12)13/h3-4,7,10,17H,5-6,9H2,1-2H3. The number of piperazine rings is 1. The van der Waals surface area contributed by atoms with Crippen LogP contribution in [0.3, 0.4) is 0 Å². The summed E-state index contributed by atoms with van der Waals surface area (Å²) < 4.78 is 1.57. The zero-order valence-electron chi connectivity index (χ0n) is 12.1. The molecule has 0 radical (unpaired) electrons. The highest BCUT2D eigenvalue weighted by Crippen LogP contribution is 2.25. The number of anilines is 1. The monoisotopic (exact) mass is 283 g/mol. The third-order valence-electron chi connectivity index (χ3n) is 3.99. The Kier molecular flexibility index (Phi) is 3.35. The van der Waals surface area contributed by atoms with Crippen LogP contribution in [0.4, 0.5) is 5.69 Å². The smallest absolute Gasteiger partial charge is 0.252 e. The topological polar surface area (TPSA) is 74.0 Å². The highest BCUT2D eigenvalue weighted by molar-refractivity contribution is 5.88. The lowest BCUT2D eigenvalue weighted by molar-refractivity contribution is 0.501. The van der Waals surface area contributed by atoms with Gasteiger partial charge in [-0.05, 0) is 19.1 Å². The number of hydrogen-bond donors (Lipinski definition) is 1. The predicted molar refractivity (Wildman–Crippen MR) is 81.4 cm³/mol.